The topological polar surface area (TPSA) is 71.1 Å². The Morgan fingerprint density at radius 2 is 0.898 bits per heavy atom. The largest absolute Gasteiger partial charge is 0.494 e. The molecule has 0 fully saturated rings. The van der Waals surface area contributed by atoms with Crippen LogP contribution in [-0.2, 0) is 9.53 Å². The van der Waals surface area contributed by atoms with Crippen LogP contribution in [0.15, 0.2) is 85.5 Å². The highest BCUT2D eigenvalue weighted by Gasteiger charge is 2.10. The van der Waals surface area contributed by atoms with Crippen molar-refractivity contribution in [2.75, 3.05) is 19.8 Å². The molecule has 0 atom stereocenters. The fourth-order valence-corrected chi connectivity index (χ4v) is 5.60. The number of carbonyl (C=O) groups excluding carboxylic acids is 2. The Kier molecular flexibility index (Phi) is 20.1. The van der Waals surface area contributed by atoms with Gasteiger partial charge in [-0.15, -0.1) is 0 Å². The molecule has 0 amide bonds. The zero-order chi connectivity index (χ0) is 34.8. The van der Waals surface area contributed by atoms with Crippen molar-refractivity contribution in [1.82, 2.24) is 0 Å². The first kappa shape index (κ1) is 39.4. The summed E-state index contributed by atoms with van der Waals surface area (Å²) in [6, 6.07) is 22.9. The lowest BCUT2D eigenvalue weighted by Crippen LogP contribution is -2.08. The van der Waals surface area contributed by atoms with Crippen molar-refractivity contribution >= 4 is 11.9 Å². The fourth-order valence-electron chi connectivity index (χ4n) is 5.60. The lowest BCUT2D eigenvalue weighted by atomic mass is 10.1. The molecule has 0 aromatic heterocycles. The van der Waals surface area contributed by atoms with Gasteiger partial charge in [0.05, 0.1) is 25.4 Å². The van der Waals surface area contributed by atoms with Crippen LogP contribution in [0.4, 0.5) is 0 Å². The monoisotopic (exact) mass is 670 g/mol. The number of rotatable bonds is 27. The standard InChI is InChI=1S/C43H58O6/c1-3-5-6-7-8-12-15-18-33-46-39-27-21-36(22-28-39)37-23-31-41(32-24-37)49-43(45)38-25-29-40(30-26-38)47-34-19-16-13-10-9-11-14-17-20-35-48-42(44)4-2/h4,21-32H,2-3,5-20,33-35H2,1H3. The van der Waals surface area contributed by atoms with Crippen molar-refractivity contribution < 1.29 is 28.5 Å². The average molecular weight is 671 g/mol. The summed E-state index contributed by atoms with van der Waals surface area (Å²) < 4.78 is 22.4. The number of ether oxygens (including phenoxy) is 4. The van der Waals surface area contributed by atoms with E-state index in [0.717, 1.165) is 61.3 Å². The average Bonchev–Trinajstić information content (AvgIpc) is 3.13. The number of benzene rings is 3. The van der Waals surface area contributed by atoms with Gasteiger partial charge in [0, 0.05) is 6.08 Å². The highest BCUT2D eigenvalue weighted by molar-refractivity contribution is 5.91. The first-order chi connectivity index (χ1) is 24.1. The van der Waals surface area contributed by atoms with Gasteiger partial charge in [0.25, 0.3) is 0 Å². The third kappa shape index (κ3) is 17.2. The summed E-state index contributed by atoms with van der Waals surface area (Å²) in [6.07, 6.45) is 21.7. The maximum absolute atomic E-state index is 12.7. The summed E-state index contributed by atoms with van der Waals surface area (Å²) in [5.41, 5.74) is 2.62. The molecule has 0 bridgehead atoms. The number of carbonyl (C=O) groups is 2. The van der Waals surface area contributed by atoms with E-state index in [1.54, 1.807) is 12.1 Å². The molecule has 0 N–H and O–H groups in total. The molecule has 0 aliphatic carbocycles. The third-order valence-corrected chi connectivity index (χ3v) is 8.58. The van der Waals surface area contributed by atoms with Gasteiger partial charge in [0.2, 0.25) is 0 Å². The molecule has 0 aliphatic rings. The number of esters is 2. The van der Waals surface area contributed by atoms with Crippen LogP contribution in [0.2, 0.25) is 0 Å². The van der Waals surface area contributed by atoms with Crippen molar-refractivity contribution in [2.24, 2.45) is 0 Å². The Morgan fingerprint density at radius 3 is 1.35 bits per heavy atom. The van der Waals surface area contributed by atoms with E-state index in [1.807, 2.05) is 48.5 Å². The highest BCUT2D eigenvalue weighted by Crippen LogP contribution is 2.25. The predicted molar refractivity (Wildman–Crippen MR) is 200 cm³/mol. The maximum atomic E-state index is 12.7. The van der Waals surface area contributed by atoms with Gasteiger partial charge in [-0.25, -0.2) is 9.59 Å². The predicted octanol–water partition coefficient (Wildman–Crippen LogP) is 11.7. The molecule has 3 aromatic carbocycles. The van der Waals surface area contributed by atoms with E-state index >= 15 is 0 Å². The van der Waals surface area contributed by atoms with E-state index in [0.29, 0.717) is 24.5 Å². The third-order valence-electron chi connectivity index (χ3n) is 8.58. The van der Waals surface area contributed by atoms with Gasteiger partial charge in [0.1, 0.15) is 17.2 Å². The summed E-state index contributed by atoms with van der Waals surface area (Å²) >= 11 is 0. The SMILES string of the molecule is C=CC(=O)OCCCCCCCCCCCOc1ccc(C(=O)Oc2ccc(-c3ccc(OCCCCCCCCCC)cc3)cc2)cc1. The molecular formula is C43H58O6. The Hall–Kier alpha value is -4.06. The number of unbranched alkanes of at least 4 members (excludes halogenated alkanes) is 15. The molecule has 0 spiro atoms. The van der Waals surface area contributed by atoms with Crippen molar-refractivity contribution in [3.05, 3.63) is 91.0 Å². The second kappa shape index (κ2) is 25.0. The van der Waals surface area contributed by atoms with Crippen LogP contribution in [0.5, 0.6) is 17.2 Å². The summed E-state index contributed by atoms with van der Waals surface area (Å²) in [5, 5.41) is 0. The van der Waals surface area contributed by atoms with E-state index in [1.165, 1.54) is 83.1 Å². The molecule has 0 saturated heterocycles. The molecule has 6 nitrogen and oxygen atoms in total. The second-order valence-electron chi connectivity index (χ2n) is 12.7. The van der Waals surface area contributed by atoms with Crippen molar-refractivity contribution in [3.63, 3.8) is 0 Å². The van der Waals surface area contributed by atoms with Crippen molar-refractivity contribution in [2.45, 2.75) is 116 Å². The van der Waals surface area contributed by atoms with E-state index in [4.69, 9.17) is 18.9 Å². The Balaban J connectivity index is 1.25. The molecule has 0 radical (unpaired) electrons. The van der Waals surface area contributed by atoms with E-state index in [-0.39, 0.29) is 5.97 Å². The summed E-state index contributed by atoms with van der Waals surface area (Å²) in [4.78, 5) is 23.7. The summed E-state index contributed by atoms with van der Waals surface area (Å²) in [7, 11) is 0. The van der Waals surface area contributed by atoms with Gasteiger partial charge in [-0.05, 0) is 78.9 Å². The summed E-state index contributed by atoms with van der Waals surface area (Å²) in [6.45, 7) is 7.55. The molecule has 6 heteroatoms. The molecule has 3 rings (SSSR count). The minimum atomic E-state index is -0.395. The molecule has 0 aliphatic heterocycles. The lowest BCUT2D eigenvalue weighted by Gasteiger charge is -2.09. The van der Waals surface area contributed by atoms with E-state index in [9.17, 15) is 9.59 Å². The molecule has 0 saturated carbocycles. The number of hydrogen-bond donors (Lipinski definition) is 0. The van der Waals surface area contributed by atoms with Crippen LogP contribution in [0.1, 0.15) is 126 Å². The molecule has 3 aromatic rings. The minimum Gasteiger partial charge on any atom is -0.494 e. The van der Waals surface area contributed by atoms with Crippen LogP contribution >= 0.6 is 0 Å². The van der Waals surface area contributed by atoms with Crippen molar-refractivity contribution in [1.29, 1.82) is 0 Å². The van der Waals surface area contributed by atoms with Crippen LogP contribution in [0.3, 0.4) is 0 Å². The second-order valence-corrected chi connectivity index (χ2v) is 12.7. The molecule has 0 heterocycles. The first-order valence-corrected chi connectivity index (χ1v) is 18.7. The van der Waals surface area contributed by atoms with Gasteiger partial charge in [-0.1, -0.05) is 128 Å². The molecule has 266 valence electrons. The van der Waals surface area contributed by atoms with Gasteiger partial charge < -0.3 is 18.9 Å². The van der Waals surface area contributed by atoms with E-state index in [2.05, 4.69) is 25.6 Å². The van der Waals surface area contributed by atoms with Crippen molar-refractivity contribution in [3.8, 4) is 28.4 Å². The number of hydrogen-bond acceptors (Lipinski definition) is 6. The molecule has 0 unspecified atom stereocenters. The zero-order valence-corrected chi connectivity index (χ0v) is 29.8. The van der Waals surface area contributed by atoms with Crippen LogP contribution in [0, 0.1) is 0 Å². The van der Waals surface area contributed by atoms with Crippen LogP contribution < -0.4 is 14.2 Å². The minimum absolute atomic E-state index is 0.341. The van der Waals surface area contributed by atoms with Gasteiger partial charge in [0.15, 0.2) is 0 Å². The van der Waals surface area contributed by atoms with Gasteiger partial charge >= 0.3 is 11.9 Å². The Labute approximate surface area is 295 Å². The normalized spacial score (nSPS) is 10.8. The smallest absolute Gasteiger partial charge is 0.343 e. The van der Waals surface area contributed by atoms with E-state index < -0.39 is 5.97 Å². The molecule has 49 heavy (non-hydrogen) atoms. The van der Waals surface area contributed by atoms with Crippen LogP contribution in [-0.4, -0.2) is 31.8 Å². The quantitative estimate of drug-likeness (QED) is 0.0348. The first-order valence-electron chi connectivity index (χ1n) is 18.7. The zero-order valence-electron chi connectivity index (χ0n) is 29.8. The fraction of sp³-hybridized carbons (Fsp3) is 0.488. The highest BCUT2D eigenvalue weighted by atomic mass is 16.5. The summed E-state index contributed by atoms with van der Waals surface area (Å²) in [5.74, 6) is 1.42. The molecular weight excluding hydrogens is 612 g/mol. The lowest BCUT2D eigenvalue weighted by molar-refractivity contribution is -0.137. The Bertz CT molecular complexity index is 1310. The maximum Gasteiger partial charge on any atom is 0.343 e. The van der Waals surface area contributed by atoms with Gasteiger partial charge in [-0.2, -0.15) is 0 Å². The Morgan fingerprint density at radius 1 is 0.510 bits per heavy atom. The van der Waals surface area contributed by atoms with Gasteiger partial charge in [-0.3, -0.25) is 0 Å². The van der Waals surface area contributed by atoms with Crippen LogP contribution in [0.25, 0.3) is 11.1 Å².